The maximum atomic E-state index is 12.8. The van der Waals surface area contributed by atoms with E-state index in [4.69, 9.17) is 35.3 Å². The first-order valence-corrected chi connectivity index (χ1v) is 11.9. The Balaban J connectivity index is 0.000000616. The summed E-state index contributed by atoms with van der Waals surface area (Å²) >= 11 is 0. The molecule has 0 saturated carbocycles. The molecule has 5 N–H and O–H groups in total. The standard InChI is InChI=1S/C24H25N7O4.C2HF3O2/c1-33-18-12-16(13-19(34-2)21(18)35-3)17(11-14-6-8-15(9-7-14)22(25)26)23-28-24(32)31(30-23)20-5-4-10-27-29-20;3-2(4,5)1(6)7/h4-10,12-13,17H,11H2,1-3H3,(H3,25,26)(H,28,30,32);(H,6,7). The number of aromatic nitrogens is 5. The van der Waals surface area contributed by atoms with Crippen molar-refractivity contribution in [2.24, 2.45) is 5.73 Å². The number of carbonyl (C=O) groups is 1. The number of benzene rings is 2. The fraction of sp³-hybridized carbons (Fsp3) is 0.231. The van der Waals surface area contributed by atoms with Gasteiger partial charge in [-0.3, -0.25) is 10.4 Å². The van der Waals surface area contributed by atoms with Gasteiger partial charge in [0.15, 0.2) is 17.3 Å². The summed E-state index contributed by atoms with van der Waals surface area (Å²) in [5.41, 5.74) is 7.51. The molecule has 0 radical (unpaired) electrons. The van der Waals surface area contributed by atoms with E-state index in [0.717, 1.165) is 11.1 Å². The molecule has 0 amide bonds. The van der Waals surface area contributed by atoms with Crippen LogP contribution in [0.1, 0.15) is 28.4 Å². The Morgan fingerprint density at radius 2 is 1.69 bits per heavy atom. The Labute approximate surface area is 236 Å². The number of nitrogen functional groups attached to an aromatic ring is 1. The third-order valence-corrected chi connectivity index (χ3v) is 5.78. The molecule has 42 heavy (non-hydrogen) atoms. The van der Waals surface area contributed by atoms with Crippen LogP contribution in [0.5, 0.6) is 17.2 Å². The number of amidine groups is 1. The van der Waals surface area contributed by atoms with Gasteiger partial charge in [0.2, 0.25) is 5.75 Å². The zero-order chi connectivity index (χ0) is 31.0. The van der Waals surface area contributed by atoms with Crippen LogP contribution in [0.3, 0.4) is 0 Å². The molecular formula is C26H26F3N7O6. The number of methoxy groups -OCH3 is 3. The highest BCUT2D eigenvalue weighted by Crippen LogP contribution is 2.41. The van der Waals surface area contributed by atoms with Gasteiger partial charge in [-0.05, 0) is 41.8 Å². The van der Waals surface area contributed by atoms with Crippen molar-refractivity contribution in [3.63, 3.8) is 0 Å². The van der Waals surface area contributed by atoms with Crippen molar-refractivity contribution >= 4 is 11.8 Å². The molecule has 4 aromatic rings. The third kappa shape index (κ3) is 7.41. The summed E-state index contributed by atoms with van der Waals surface area (Å²) in [7, 11) is 4.62. The Hall–Kier alpha value is -5.41. The van der Waals surface area contributed by atoms with E-state index in [2.05, 4.69) is 20.3 Å². The van der Waals surface area contributed by atoms with E-state index >= 15 is 0 Å². The average Bonchev–Trinajstić information content (AvgIpc) is 3.36. The van der Waals surface area contributed by atoms with E-state index in [1.807, 2.05) is 24.3 Å². The highest BCUT2D eigenvalue weighted by atomic mass is 19.4. The van der Waals surface area contributed by atoms with Crippen LogP contribution >= 0.6 is 0 Å². The molecule has 0 aliphatic carbocycles. The number of carboxylic acid groups (broad SMARTS) is 1. The molecular weight excluding hydrogens is 563 g/mol. The number of nitrogens with one attached hydrogen (secondary N) is 2. The van der Waals surface area contributed by atoms with Crippen LogP contribution in [-0.4, -0.2) is 69.4 Å². The zero-order valence-electron chi connectivity index (χ0n) is 22.5. The highest BCUT2D eigenvalue weighted by molar-refractivity contribution is 5.94. The lowest BCUT2D eigenvalue weighted by molar-refractivity contribution is -0.192. The van der Waals surface area contributed by atoms with Gasteiger partial charge in [0.1, 0.15) is 11.7 Å². The number of carboxylic acids is 1. The molecule has 222 valence electrons. The minimum atomic E-state index is -5.08. The first-order valence-electron chi connectivity index (χ1n) is 11.9. The third-order valence-electron chi connectivity index (χ3n) is 5.78. The number of hydrogen-bond donors (Lipinski definition) is 4. The molecule has 0 spiro atoms. The van der Waals surface area contributed by atoms with Gasteiger partial charge in [-0.25, -0.2) is 9.59 Å². The topological polar surface area (TPSA) is 191 Å². The minimum Gasteiger partial charge on any atom is -0.493 e. The van der Waals surface area contributed by atoms with Gasteiger partial charge in [0.05, 0.1) is 21.3 Å². The molecule has 0 bridgehead atoms. The fourth-order valence-electron chi connectivity index (χ4n) is 3.79. The first-order chi connectivity index (χ1) is 19.9. The Bertz CT molecular complexity index is 1560. The number of aromatic amines is 1. The number of nitrogens with two attached hydrogens (primary N) is 1. The quantitative estimate of drug-likeness (QED) is 0.167. The largest absolute Gasteiger partial charge is 0.493 e. The van der Waals surface area contributed by atoms with Gasteiger partial charge >= 0.3 is 17.8 Å². The summed E-state index contributed by atoms with van der Waals surface area (Å²) < 4.78 is 49.4. The van der Waals surface area contributed by atoms with E-state index in [0.29, 0.717) is 40.9 Å². The molecule has 2 heterocycles. The molecule has 1 atom stereocenters. The van der Waals surface area contributed by atoms with Crippen LogP contribution in [0.4, 0.5) is 13.2 Å². The Morgan fingerprint density at radius 1 is 1.10 bits per heavy atom. The second-order valence-electron chi connectivity index (χ2n) is 8.44. The van der Waals surface area contributed by atoms with E-state index in [9.17, 15) is 18.0 Å². The molecule has 0 fully saturated rings. The lowest BCUT2D eigenvalue weighted by Gasteiger charge is -2.19. The normalized spacial score (nSPS) is 11.6. The van der Waals surface area contributed by atoms with Gasteiger partial charge < -0.3 is 25.1 Å². The van der Waals surface area contributed by atoms with Gasteiger partial charge in [0, 0.05) is 17.7 Å². The van der Waals surface area contributed by atoms with Crippen molar-refractivity contribution in [2.75, 3.05) is 21.3 Å². The predicted octanol–water partition coefficient (Wildman–Crippen LogP) is 2.67. The first kappa shape index (κ1) is 31.1. The van der Waals surface area contributed by atoms with E-state index in [1.54, 1.807) is 38.5 Å². The number of H-pyrrole nitrogens is 1. The second-order valence-corrected chi connectivity index (χ2v) is 8.44. The monoisotopic (exact) mass is 589 g/mol. The van der Waals surface area contributed by atoms with Crippen molar-refractivity contribution in [3.8, 4) is 23.1 Å². The molecule has 4 rings (SSSR count). The van der Waals surface area contributed by atoms with E-state index in [1.165, 1.54) is 18.0 Å². The molecule has 0 aliphatic heterocycles. The maximum absolute atomic E-state index is 12.8. The van der Waals surface area contributed by atoms with Crippen LogP contribution in [0.25, 0.3) is 5.82 Å². The zero-order valence-corrected chi connectivity index (χ0v) is 22.5. The van der Waals surface area contributed by atoms with Crippen molar-refractivity contribution < 1.29 is 37.3 Å². The SMILES string of the molecule is COc1cc(C(Cc2ccc(C(=N)N)cc2)c2nn(-c3cccnn3)c(=O)[nH]2)cc(OC)c1OC.O=C(O)C(F)(F)F. The average molecular weight is 590 g/mol. The van der Waals surface area contributed by atoms with Crippen LogP contribution in [0.2, 0.25) is 0 Å². The van der Waals surface area contributed by atoms with Crippen molar-refractivity contribution in [3.05, 3.63) is 87.7 Å². The number of hydrogen-bond acceptors (Lipinski definition) is 9. The maximum Gasteiger partial charge on any atom is 0.490 e. The van der Waals surface area contributed by atoms with Crippen molar-refractivity contribution in [1.82, 2.24) is 25.0 Å². The fourth-order valence-corrected chi connectivity index (χ4v) is 3.79. The minimum absolute atomic E-state index is 0.00947. The van der Waals surface area contributed by atoms with Gasteiger partial charge in [-0.1, -0.05) is 24.3 Å². The summed E-state index contributed by atoms with van der Waals surface area (Å²) in [4.78, 5) is 24.5. The summed E-state index contributed by atoms with van der Waals surface area (Å²) in [5.74, 6) is -1.01. The molecule has 16 heteroatoms. The predicted molar refractivity (Wildman–Crippen MR) is 143 cm³/mol. The molecule has 0 aliphatic rings. The summed E-state index contributed by atoms with van der Waals surface area (Å²) in [6.45, 7) is 0. The molecule has 0 saturated heterocycles. The summed E-state index contributed by atoms with van der Waals surface area (Å²) in [6, 6.07) is 14.3. The van der Waals surface area contributed by atoms with Crippen molar-refractivity contribution in [2.45, 2.75) is 18.5 Å². The smallest absolute Gasteiger partial charge is 0.490 e. The van der Waals surface area contributed by atoms with Crippen LogP contribution in [0, 0.1) is 5.41 Å². The number of nitrogens with zero attached hydrogens (tertiary/aromatic N) is 4. The number of alkyl halides is 3. The van der Waals surface area contributed by atoms with Gasteiger partial charge in [-0.2, -0.15) is 23.0 Å². The molecule has 2 aromatic heterocycles. The van der Waals surface area contributed by atoms with Crippen LogP contribution in [0.15, 0.2) is 59.5 Å². The van der Waals surface area contributed by atoms with Crippen LogP contribution < -0.4 is 25.6 Å². The summed E-state index contributed by atoms with van der Waals surface area (Å²) in [6.07, 6.45) is -3.09. The Kier molecular flexibility index (Phi) is 9.85. The van der Waals surface area contributed by atoms with E-state index in [-0.39, 0.29) is 5.84 Å². The Morgan fingerprint density at radius 3 is 2.14 bits per heavy atom. The second kappa shape index (κ2) is 13.3. The van der Waals surface area contributed by atoms with E-state index < -0.39 is 23.8 Å². The lowest BCUT2D eigenvalue weighted by atomic mass is 9.90. The molecule has 1 unspecified atom stereocenters. The molecule has 2 aromatic carbocycles. The van der Waals surface area contributed by atoms with Crippen LogP contribution in [-0.2, 0) is 11.2 Å². The highest BCUT2D eigenvalue weighted by Gasteiger charge is 2.38. The van der Waals surface area contributed by atoms with Gasteiger partial charge in [0.25, 0.3) is 0 Å². The number of rotatable bonds is 9. The van der Waals surface area contributed by atoms with Crippen molar-refractivity contribution in [1.29, 1.82) is 5.41 Å². The lowest BCUT2D eigenvalue weighted by Crippen LogP contribution is -2.21. The number of halogens is 3. The number of aliphatic carboxylic acids is 1. The number of ether oxygens (including phenoxy) is 3. The van der Waals surface area contributed by atoms with Gasteiger partial charge in [-0.15, -0.1) is 10.2 Å². The summed E-state index contributed by atoms with van der Waals surface area (Å²) in [5, 5.41) is 27.1. The molecule has 13 nitrogen and oxygen atoms in total.